The van der Waals surface area contributed by atoms with Crippen molar-refractivity contribution in [1.29, 1.82) is 0 Å². The third kappa shape index (κ3) is 3.03. The van der Waals surface area contributed by atoms with Crippen molar-refractivity contribution in [3.63, 3.8) is 0 Å². The van der Waals surface area contributed by atoms with E-state index in [1.54, 1.807) is 19.1 Å². The van der Waals surface area contributed by atoms with Crippen LogP contribution in [0.25, 0.3) is 0 Å². The van der Waals surface area contributed by atoms with Crippen LogP contribution >= 0.6 is 0 Å². The Morgan fingerprint density at radius 1 is 1.29 bits per heavy atom. The molecule has 0 spiro atoms. The van der Waals surface area contributed by atoms with Crippen LogP contribution < -0.4 is 0 Å². The van der Waals surface area contributed by atoms with E-state index < -0.39 is 6.10 Å². The molecule has 1 rings (SSSR count). The summed E-state index contributed by atoms with van der Waals surface area (Å²) < 4.78 is 0. The molecule has 0 aliphatic carbocycles. The molecular weight excluding hydrogens is 218 g/mol. The van der Waals surface area contributed by atoms with Crippen molar-refractivity contribution in [2.75, 3.05) is 0 Å². The van der Waals surface area contributed by atoms with Crippen molar-refractivity contribution in [3.8, 4) is 0 Å². The van der Waals surface area contributed by atoms with Crippen LogP contribution in [0.2, 0.25) is 0 Å². The minimum Gasteiger partial charge on any atom is -0.393 e. The van der Waals surface area contributed by atoms with Crippen LogP contribution in [0.3, 0.4) is 0 Å². The molecule has 1 N–H and O–H groups in total. The summed E-state index contributed by atoms with van der Waals surface area (Å²) in [5.41, 5.74) is 1.57. The van der Waals surface area contributed by atoms with E-state index in [0.717, 1.165) is 5.56 Å². The number of nitro groups is 1. The van der Waals surface area contributed by atoms with Gasteiger partial charge in [0.25, 0.3) is 5.69 Å². The highest BCUT2D eigenvalue weighted by atomic mass is 16.6. The largest absolute Gasteiger partial charge is 0.393 e. The second kappa shape index (κ2) is 5.27. The summed E-state index contributed by atoms with van der Waals surface area (Å²) in [5.74, 6) is -0.0626. The minimum absolute atomic E-state index is 0.101. The van der Waals surface area contributed by atoms with Gasteiger partial charge in [-0.05, 0) is 25.3 Å². The smallest absolute Gasteiger partial charge is 0.273 e. The Morgan fingerprint density at radius 2 is 1.88 bits per heavy atom. The summed E-state index contributed by atoms with van der Waals surface area (Å²) in [6, 6.07) is 5.16. The highest BCUT2D eigenvalue weighted by molar-refractivity contribution is 5.45. The summed E-state index contributed by atoms with van der Waals surface area (Å²) >= 11 is 0. The molecule has 4 heteroatoms. The van der Waals surface area contributed by atoms with E-state index in [9.17, 15) is 15.2 Å². The number of rotatable bonds is 4. The van der Waals surface area contributed by atoms with Crippen LogP contribution in [0.4, 0.5) is 5.69 Å². The molecule has 1 aromatic carbocycles. The van der Waals surface area contributed by atoms with Gasteiger partial charge in [-0.1, -0.05) is 26.0 Å². The zero-order valence-electron chi connectivity index (χ0n) is 10.7. The van der Waals surface area contributed by atoms with Gasteiger partial charge in [0.15, 0.2) is 0 Å². The van der Waals surface area contributed by atoms with Crippen LogP contribution in [-0.2, 0) is 0 Å². The number of hydrogen-bond acceptors (Lipinski definition) is 3. The molecule has 0 saturated heterocycles. The molecule has 4 nitrogen and oxygen atoms in total. The highest BCUT2D eigenvalue weighted by Crippen LogP contribution is 2.34. The first-order valence-electron chi connectivity index (χ1n) is 5.77. The van der Waals surface area contributed by atoms with Crippen LogP contribution in [-0.4, -0.2) is 16.1 Å². The van der Waals surface area contributed by atoms with Crippen LogP contribution in [0, 0.1) is 23.0 Å². The van der Waals surface area contributed by atoms with Gasteiger partial charge in [0.2, 0.25) is 0 Å². The van der Waals surface area contributed by atoms with Crippen molar-refractivity contribution in [1.82, 2.24) is 0 Å². The number of aliphatic hydroxyl groups is 1. The molecule has 94 valence electrons. The molecule has 0 heterocycles. The molecule has 2 unspecified atom stereocenters. The number of hydrogen-bond donors (Lipinski definition) is 1. The summed E-state index contributed by atoms with van der Waals surface area (Å²) in [5, 5.41) is 20.8. The first-order valence-corrected chi connectivity index (χ1v) is 5.77. The van der Waals surface area contributed by atoms with E-state index in [1.807, 2.05) is 26.8 Å². The van der Waals surface area contributed by atoms with E-state index in [0.29, 0.717) is 5.56 Å². The Balaban J connectivity index is 3.32. The standard InChI is InChI=1S/C13H19NO3/c1-8(2)13(10(4)15)11-6-5-9(3)7-12(11)14(16)17/h5-8,10,13,15H,1-4H3. The molecule has 0 saturated carbocycles. The average molecular weight is 237 g/mol. The zero-order valence-corrected chi connectivity index (χ0v) is 10.7. The number of benzene rings is 1. The zero-order chi connectivity index (χ0) is 13.2. The molecule has 0 aromatic heterocycles. The molecule has 0 radical (unpaired) electrons. The molecule has 1 aromatic rings. The fourth-order valence-corrected chi connectivity index (χ4v) is 2.27. The molecule has 2 atom stereocenters. The molecule has 17 heavy (non-hydrogen) atoms. The predicted octanol–water partition coefficient (Wildman–Crippen LogP) is 3.02. The maximum absolute atomic E-state index is 11.0. The Hall–Kier alpha value is -1.42. The van der Waals surface area contributed by atoms with Crippen LogP contribution in [0.15, 0.2) is 18.2 Å². The van der Waals surface area contributed by atoms with Gasteiger partial charge < -0.3 is 5.11 Å². The summed E-state index contributed by atoms with van der Waals surface area (Å²) in [7, 11) is 0. The van der Waals surface area contributed by atoms with E-state index in [-0.39, 0.29) is 22.4 Å². The maximum atomic E-state index is 11.0. The molecule has 0 bridgehead atoms. The van der Waals surface area contributed by atoms with Gasteiger partial charge in [0.1, 0.15) is 0 Å². The van der Waals surface area contributed by atoms with Gasteiger partial charge in [-0.15, -0.1) is 0 Å². The Kier molecular flexibility index (Phi) is 4.23. The number of aryl methyl sites for hydroxylation is 1. The average Bonchev–Trinajstić information content (AvgIpc) is 2.19. The van der Waals surface area contributed by atoms with Gasteiger partial charge in [0.05, 0.1) is 11.0 Å². The van der Waals surface area contributed by atoms with Gasteiger partial charge >= 0.3 is 0 Å². The molecule has 0 fully saturated rings. The first-order chi connectivity index (χ1) is 7.84. The van der Waals surface area contributed by atoms with Crippen molar-refractivity contribution >= 4 is 5.69 Å². The number of nitro benzene ring substituents is 1. The summed E-state index contributed by atoms with van der Waals surface area (Å²) in [4.78, 5) is 10.7. The molecule has 0 aliphatic heterocycles. The predicted molar refractivity (Wildman–Crippen MR) is 67.1 cm³/mol. The molecular formula is C13H19NO3. The van der Waals surface area contributed by atoms with Crippen molar-refractivity contribution in [2.45, 2.75) is 39.7 Å². The first kappa shape index (κ1) is 13.6. The second-order valence-corrected chi connectivity index (χ2v) is 4.83. The Morgan fingerprint density at radius 3 is 2.29 bits per heavy atom. The van der Waals surface area contributed by atoms with E-state index in [2.05, 4.69) is 0 Å². The Bertz CT molecular complexity index is 405. The highest BCUT2D eigenvalue weighted by Gasteiger charge is 2.28. The lowest BCUT2D eigenvalue weighted by Crippen LogP contribution is -2.21. The third-order valence-corrected chi connectivity index (χ3v) is 2.98. The van der Waals surface area contributed by atoms with Crippen molar-refractivity contribution in [3.05, 3.63) is 39.4 Å². The van der Waals surface area contributed by atoms with Crippen molar-refractivity contribution < 1.29 is 10.0 Å². The lowest BCUT2D eigenvalue weighted by atomic mass is 9.83. The quantitative estimate of drug-likeness (QED) is 0.646. The van der Waals surface area contributed by atoms with Gasteiger partial charge in [0, 0.05) is 17.5 Å². The summed E-state index contributed by atoms with van der Waals surface area (Å²) in [6.45, 7) is 7.42. The second-order valence-electron chi connectivity index (χ2n) is 4.83. The van der Waals surface area contributed by atoms with Gasteiger partial charge in [-0.3, -0.25) is 10.1 Å². The molecule has 0 amide bonds. The van der Waals surface area contributed by atoms with E-state index in [1.165, 1.54) is 0 Å². The third-order valence-electron chi connectivity index (χ3n) is 2.98. The van der Waals surface area contributed by atoms with Gasteiger partial charge in [-0.25, -0.2) is 0 Å². The number of aliphatic hydroxyl groups excluding tert-OH is 1. The fraction of sp³-hybridized carbons (Fsp3) is 0.538. The fourth-order valence-electron chi connectivity index (χ4n) is 2.27. The lowest BCUT2D eigenvalue weighted by Gasteiger charge is -2.24. The van der Waals surface area contributed by atoms with Crippen LogP contribution in [0.1, 0.15) is 37.8 Å². The summed E-state index contributed by atoms with van der Waals surface area (Å²) in [6.07, 6.45) is -0.601. The van der Waals surface area contributed by atoms with Gasteiger partial charge in [-0.2, -0.15) is 0 Å². The van der Waals surface area contributed by atoms with Crippen molar-refractivity contribution in [2.24, 2.45) is 5.92 Å². The topological polar surface area (TPSA) is 63.4 Å². The SMILES string of the molecule is Cc1ccc(C(C(C)C)C(C)O)c([N+](=O)[O-])c1. The monoisotopic (exact) mass is 237 g/mol. The normalized spacial score (nSPS) is 14.7. The van der Waals surface area contributed by atoms with E-state index in [4.69, 9.17) is 0 Å². The number of nitrogens with zero attached hydrogens (tertiary/aromatic N) is 1. The lowest BCUT2D eigenvalue weighted by molar-refractivity contribution is -0.386. The molecule has 0 aliphatic rings. The van der Waals surface area contributed by atoms with E-state index >= 15 is 0 Å². The van der Waals surface area contributed by atoms with Crippen LogP contribution in [0.5, 0.6) is 0 Å². The minimum atomic E-state index is -0.601. The Labute approximate surface area is 101 Å². The maximum Gasteiger partial charge on any atom is 0.273 e.